The van der Waals surface area contributed by atoms with Crippen molar-refractivity contribution in [2.75, 3.05) is 19.7 Å². The van der Waals surface area contributed by atoms with E-state index >= 15 is 0 Å². The number of morpholine rings is 1. The quantitative estimate of drug-likeness (QED) is 0.887. The molecule has 2 unspecified atom stereocenters. The number of hydrogen-bond acceptors (Lipinski definition) is 4. The summed E-state index contributed by atoms with van der Waals surface area (Å²) in [5, 5.41) is 10.4. The topological polar surface area (TPSA) is 68.2 Å². The zero-order valence-corrected chi connectivity index (χ0v) is 13.8. The van der Waals surface area contributed by atoms with Crippen LogP contribution in [0.3, 0.4) is 0 Å². The van der Waals surface area contributed by atoms with Crippen LogP contribution in [0.5, 0.6) is 0 Å². The van der Waals surface area contributed by atoms with Gasteiger partial charge in [0.2, 0.25) is 0 Å². The second-order valence-electron chi connectivity index (χ2n) is 5.34. The van der Waals surface area contributed by atoms with E-state index in [2.05, 4.69) is 15.7 Å². The average Bonchev–Trinajstić information content (AvgIpc) is 3.10. The van der Waals surface area contributed by atoms with Gasteiger partial charge in [-0.2, -0.15) is 5.10 Å². The zero-order chi connectivity index (χ0) is 15.4. The number of nitrogens with zero attached hydrogens (tertiary/aromatic N) is 2. The van der Waals surface area contributed by atoms with Gasteiger partial charge in [0.05, 0.1) is 18.3 Å². The number of aromatic nitrogens is 2. The minimum Gasteiger partial charge on any atom is -0.366 e. The third-order valence-corrected chi connectivity index (χ3v) is 3.72. The molecule has 0 aliphatic carbocycles. The number of rotatable bonds is 4. The SMILES string of the molecule is CC(NC(=O)C1CNCCO1)c1cccc(-n2cccn2)c1.Cl. The Balaban J connectivity index is 0.00000192. The van der Waals surface area contributed by atoms with Gasteiger partial charge in [-0.25, -0.2) is 4.68 Å². The maximum atomic E-state index is 12.2. The van der Waals surface area contributed by atoms with Crippen LogP contribution in [0.1, 0.15) is 18.5 Å². The monoisotopic (exact) mass is 336 g/mol. The van der Waals surface area contributed by atoms with E-state index in [4.69, 9.17) is 4.74 Å². The predicted octanol–water partition coefficient (Wildman–Crippen LogP) is 1.46. The standard InChI is InChI=1S/C16H20N4O2.ClH/c1-12(19-16(21)15-11-17-7-9-22-15)13-4-2-5-14(10-13)20-8-3-6-18-20;/h2-6,8,10,12,15,17H,7,9,11H2,1H3,(H,19,21);1H. The van der Waals surface area contributed by atoms with Crippen molar-refractivity contribution in [2.24, 2.45) is 0 Å². The Hall–Kier alpha value is -1.89. The first-order valence-electron chi connectivity index (χ1n) is 7.47. The van der Waals surface area contributed by atoms with Gasteiger partial charge in [-0.05, 0) is 30.7 Å². The first kappa shape index (κ1) is 17.5. The Morgan fingerprint density at radius 1 is 1.48 bits per heavy atom. The van der Waals surface area contributed by atoms with Crippen LogP contribution < -0.4 is 10.6 Å². The van der Waals surface area contributed by atoms with Crippen LogP contribution in [-0.4, -0.2) is 41.5 Å². The molecule has 1 amide bonds. The van der Waals surface area contributed by atoms with Crippen LogP contribution in [0.4, 0.5) is 0 Å². The second kappa shape index (κ2) is 8.10. The molecule has 124 valence electrons. The lowest BCUT2D eigenvalue weighted by Crippen LogP contribution is -2.48. The van der Waals surface area contributed by atoms with E-state index in [0.29, 0.717) is 13.2 Å². The number of hydrogen-bond donors (Lipinski definition) is 2. The van der Waals surface area contributed by atoms with E-state index in [-0.39, 0.29) is 24.4 Å². The minimum atomic E-state index is -0.412. The van der Waals surface area contributed by atoms with Gasteiger partial charge in [0.1, 0.15) is 6.10 Å². The molecule has 1 aliphatic heterocycles. The number of nitrogens with one attached hydrogen (secondary N) is 2. The maximum Gasteiger partial charge on any atom is 0.250 e. The van der Waals surface area contributed by atoms with E-state index in [9.17, 15) is 4.79 Å². The Morgan fingerprint density at radius 3 is 3.04 bits per heavy atom. The first-order chi connectivity index (χ1) is 10.7. The van der Waals surface area contributed by atoms with Crippen molar-refractivity contribution in [3.8, 4) is 5.69 Å². The van der Waals surface area contributed by atoms with Gasteiger partial charge in [-0.3, -0.25) is 4.79 Å². The molecule has 2 atom stereocenters. The summed E-state index contributed by atoms with van der Waals surface area (Å²) in [5.41, 5.74) is 2.00. The lowest BCUT2D eigenvalue weighted by Gasteiger charge is -2.24. The Labute approximate surface area is 141 Å². The summed E-state index contributed by atoms with van der Waals surface area (Å²) in [6.45, 7) is 3.90. The fourth-order valence-electron chi connectivity index (χ4n) is 2.48. The Morgan fingerprint density at radius 2 is 2.35 bits per heavy atom. The van der Waals surface area contributed by atoms with Crippen molar-refractivity contribution in [3.05, 3.63) is 48.3 Å². The summed E-state index contributed by atoms with van der Waals surface area (Å²) in [7, 11) is 0. The van der Waals surface area contributed by atoms with Crippen molar-refractivity contribution < 1.29 is 9.53 Å². The van der Waals surface area contributed by atoms with Gasteiger partial charge in [0.25, 0.3) is 5.91 Å². The molecule has 0 bridgehead atoms. The Bertz CT molecular complexity index is 627. The summed E-state index contributed by atoms with van der Waals surface area (Å²) in [4.78, 5) is 12.2. The zero-order valence-electron chi connectivity index (χ0n) is 12.9. The molecule has 1 aliphatic rings. The molecular formula is C16H21ClN4O2. The number of benzene rings is 1. The van der Waals surface area contributed by atoms with Crippen molar-refractivity contribution in [1.29, 1.82) is 0 Å². The smallest absolute Gasteiger partial charge is 0.250 e. The highest BCUT2D eigenvalue weighted by Crippen LogP contribution is 2.17. The highest BCUT2D eigenvalue weighted by molar-refractivity contribution is 5.85. The normalized spacial score (nSPS) is 18.7. The van der Waals surface area contributed by atoms with Gasteiger partial charge >= 0.3 is 0 Å². The largest absolute Gasteiger partial charge is 0.366 e. The number of ether oxygens (including phenoxy) is 1. The van der Waals surface area contributed by atoms with E-state index in [0.717, 1.165) is 17.8 Å². The highest BCUT2D eigenvalue weighted by atomic mass is 35.5. The van der Waals surface area contributed by atoms with Crippen LogP contribution in [0.25, 0.3) is 5.69 Å². The van der Waals surface area contributed by atoms with Gasteiger partial charge in [0, 0.05) is 25.5 Å². The van der Waals surface area contributed by atoms with Crippen LogP contribution >= 0.6 is 12.4 Å². The third-order valence-electron chi connectivity index (χ3n) is 3.72. The molecule has 0 saturated carbocycles. The molecule has 1 aromatic carbocycles. The summed E-state index contributed by atoms with van der Waals surface area (Å²) >= 11 is 0. The van der Waals surface area contributed by atoms with Crippen molar-refractivity contribution >= 4 is 18.3 Å². The van der Waals surface area contributed by atoms with Crippen LogP contribution in [0, 0.1) is 0 Å². The minimum absolute atomic E-state index is 0. The van der Waals surface area contributed by atoms with Crippen molar-refractivity contribution in [2.45, 2.75) is 19.1 Å². The molecule has 1 saturated heterocycles. The van der Waals surface area contributed by atoms with Crippen molar-refractivity contribution in [1.82, 2.24) is 20.4 Å². The van der Waals surface area contributed by atoms with Gasteiger partial charge in [-0.1, -0.05) is 12.1 Å². The highest BCUT2D eigenvalue weighted by Gasteiger charge is 2.23. The maximum absolute atomic E-state index is 12.2. The average molecular weight is 337 g/mol. The fraction of sp³-hybridized carbons (Fsp3) is 0.375. The summed E-state index contributed by atoms with van der Waals surface area (Å²) < 4.78 is 7.27. The van der Waals surface area contributed by atoms with Gasteiger partial charge in [-0.15, -0.1) is 12.4 Å². The molecule has 6 nitrogen and oxygen atoms in total. The summed E-state index contributed by atoms with van der Waals surface area (Å²) in [6.07, 6.45) is 3.22. The summed E-state index contributed by atoms with van der Waals surface area (Å²) in [5.74, 6) is -0.0795. The molecule has 0 spiro atoms. The first-order valence-corrected chi connectivity index (χ1v) is 7.47. The van der Waals surface area contributed by atoms with Gasteiger partial charge in [0.15, 0.2) is 0 Å². The molecule has 0 radical (unpaired) electrons. The van der Waals surface area contributed by atoms with Crippen LogP contribution in [0.15, 0.2) is 42.7 Å². The molecule has 2 heterocycles. The van der Waals surface area contributed by atoms with Crippen LogP contribution in [0.2, 0.25) is 0 Å². The lowest BCUT2D eigenvalue weighted by atomic mass is 10.1. The Kier molecular flexibility index (Phi) is 6.15. The molecule has 3 rings (SSSR count). The van der Waals surface area contributed by atoms with Gasteiger partial charge < -0.3 is 15.4 Å². The lowest BCUT2D eigenvalue weighted by molar-refractivity contribution is -0.134. The van der Waals surface area contributed by atoms with E-state index in [1.165, 1.54) is 0 Å². The molecule has 1 fully saturated rings. The number of carbonyl (C=O) groups excluding carboxylic acids is 1. The summed E-state index contributed by atoms with van der Waals surface area (Å²) in [6, 6.07) is 9.77. The van der Waals surface area contributed by atoms with Crippen molar-refractivity contribution in [3.63, 3.8) is 0 Å². The fourth-order valence-corrected chi connectivity index (χ4v) is 2.48. The molecule has 2 N–H and O–H groups in total. The molecular weight excluding hydrogens is 316 g/mol. The predicted molar refractivity (Wildman–Crippen MR) is 90.0 cm³/mol. The molecule has 2 aromatic rings. The van der Waals surface area contributed by atoms with E-state index in [1.54, 1.807) is 10.9 Å². The van der Waals surface area contributed by atoms with Crippen LogP contribution in [-0.2, 0) is 9.53 Å². The second-order valence-corrected chi connectivity index (χ2v) is 5.34. The number of amides is 1. The molecule has 23 heavy (non-hydrogen) atoms. The third kappa shape index (κ3) is 4.31. The number of halogens is 1. The molecule has 7 heteroatoms. The molecule has 1 aromatic heterocycles. The number of carbonyl (C=O) groups is 1. The van der Waals surface area contributed by atoms with E-state index < -0.39 is 6.10 Å². The van der Waals surface area contributed by atoms with E-state index in [1.807, 2.05) is 43.5 Å².